The molecule has 1 aromatic rings. The summed E-state index contributed by atoms with van der Waals surface area (Å²) < 4.78 is 4.37. The van der Waals surface area contributed by atoms with Gasteiger partial charge in [0.2, 0.25) is 11.6 Å². The van der Waals surface area contributed by atoms with E-state index in [1.54, 1.807) is 6.07 Å². The molecule has 1 rings (SSSR count). The molecule has 0 aliphatic heterocycles. The van der Waals surface area contributed by atoms with Crippen LogP contribution in [0.2, 0.25) is 0 Å². The van der Waals surface area contributed by atoms with Crippen molar-refractivity contribution in [2.24, 2.45) is 0 Å². The number of nitriles is 1. The van der Waals surface area contributed by atoms with Gasteiger partial charge >= 0.3 is 0 Å². The molecule has 0 bridgehead atoms. The first-order chi connectivity index (χ1) is 3.84. The minimum absolute atomic E-state index is 0.0208. The average molecular weight is 108 g/mol. The van der Waals surface area contributed by atoms with Crippen molar-refractivity contribution in [1.29, 1.82) is 5.26 Å². The van der Waals surface area contributed by atoms with Gasteiger partial charge in [0.05, 0.1) is 0 Å². The van der Waals surface area contributed by atoms with Gasteiger partial charge in [-0.1, -0.05) is 0 Å². The molecule has 1 aromatic heterocycles. The van der Waals surface area contributed by atoms with Gasteiger partial charge in [0.25, 0.3) is 6.39 Å². The highest BCUT2D eigenvalue weighted by Crippen LogP contribution is 2.03. The van der Waals surface area contributed by atoms with E-state index in [4.69, 9.17) is 11.0 Å². The Hall–Kier alpha value is -1.50. The molecule has 0 unspecified atom stereocenters. The Labute approximate surface area is 45.5 Å². The van der Waals surface area contributed by atoms with Crippen molar-refractivity contribution in [2.75, 3.05) is 5.73 Å². The zero-order valence-electron chi connectivity index (χ0n) is 3.88. The summed E-state index contributed by atoms with van der Waals surface area (Å²) in [5, 5.41) is 8.13. The molecule has 0 aromatic carbocycles. The maximum atomic E-state index is 8.13. The Kier molecular flexibility index (Phi) is 0.897. The summed E-state index contributed by atoms with van der Waals surface area (Å²) >= 11 is 0. The zero-order chi connectivity index (χ0) is 5.98. The van der Waals surface area contributed by atoms with Gasteiger partial charge in [-0.2, -0.15) is 10.2 Å². The fourth-order valence-electron chi connectivity index (χ4n) is 0.301. The summed E-state index contributed by atoms with van der Waals surface area (Å²) in [6.07, 6.45) is 2.08. The summed E-state index contributed by atoms with van der Waals surface area (Å²) in [5.74, 6) is 0.0208. The van der Waals surface area contributed by atoms with Crippen molar-refractivity contribution < 1.29 is 4.42 Å². The second-order valence-electron chi connectivity index (χ2n) is 1.13. The predicted molar refractivity (Wildman–Crippen MR) is 24.5 cm³/mol. The molecular formula is C4H2N3O. The Morgan fingerprint density at radius 1 is 1.88 bits per heavy atom. The van der Waals surface area contributed by atoms with Crippen LogP contribution < -0.4 is 5.73 Å². The second kappa shape index (κ2) is 1.54. The van der Waals surface area contributed by atoms with E-state index < -0.39 is 0 Å². The minimum Gasteiger partial charge on any atom is -0.415 e. The standard InChI is InChI=1S/C4H2N3O/c5-1-3-4(6)8-2-7-3/h6H2. The normalized spacial score (nSPS) is 8.38. The van der Waals surface area contributed by atoms with E-state index >= 15 is 0 Å². The van der Waals surface area contributed by atoms with Crippen LogP contribution in [0.5, 0.6) is 0 Å². The topological polar surface area (TPSA) is 75.8 Å². The smallest absolute Gasteiger partial charge is 0.286 e. The second-order valence-corrected chi connectivity index (χ2v) is 1.13. The Morgan fingerprint density at radius 2 is 2.62 bits per heavy atom. The lowest BCUT2D eigenvalue weighted by Crippen LogP contribution is -1.83. The molecular weight excluding hydrogens is 106 g/mol. The van der Waals surface area contributed by atoms with E-state index in [-0.39, 0.29) is 11.6 Å². The molecule has 0 fully saturated rings. The van der Waals surface area contributed by atoms with Gasteiger partial charge in [-0.15, -0.1) is 0 Å². The third kappa shape index (κ3) is 0.500. The van der Waals surface area contributed by atoms with Crippen LogP contribution >= 0.6 is 0 Å². The van der Waals surface area contributed by atoms with E-state index in [1.807, 2.05) is 0 Å². The molecule has 2 N–H and O–H groups in total. The summed E-state index contributed by atoms with van der Waals surface area (Å²) in [4.78, 5) is 3.36. The first-order valence-electron chi connectivity index (χ1n) is 1.87. The first kappa shape index (κ1) is 4.65. The van der Waals surface area contributed by atoms with Crippen LogP contribution in [0.3, 0.4) is 0 Å². The molecule has 0 amide bonds. The SMILES string of the molecule is N#Cc1n[c]oc1N. The minimum atomic E-state index is 0.0208. The maximum Gasteiger partial charge on any atom is 0.286 e. The van der Waals surface area contributed by atoms with Gasteiger partial charge in [-0.3, -0.25) is 0 Å². The number of nitrogens with zero attached hydrogens (tertiary/aromatic N) is 2. The van der Waals surface area contributed by atoms with E-state index in [0.717, 1.165) is 0 Å². The van der Waals surface area contributed by atoms with Crippen molar-refractivity contribution in [3.8, 4) is 6.07 Å². The lowest BCUT2D eigenvalue weighted by atomic mass is 10.5. The summed E-state index contributed by atoms with van der Waals surface area (Å²) in [6, 6.07) is 1.71. The lowest BCUT2D eigenvalue weighted by molar-refractivity contribution is 0.566. The van der Waals surface area contributed by atoms with Crippen LogP contribution in [0, 0.1) is 17.7 Å². The molecule has 4 heteroatoms. The molecule has 0 aliphatic carbocycles. The van der Waals surface area contributed by atoms with Gasteiger partial charge in [0, 0.05) is 0 Å². The monoisotopic (exact) mass is 108 g/mol. The Balaban J connectivity index is 3.15. The predicted octanol–water partition coefficient (Wildman–Crippen LogP) is -0.0713. The molecule has 8 heavy (non-hydrogen) atoms. The third-order valence-corrected chi connectivity index (χ3v) is 0.652. The number of nitrogens with two attached hydrogens (primary N) is 1. The highest BCUT2D eigenvalue weighted by molar-refractivity contribution is 5.38. The third-order valence-electron chi connectivity index (χ3n) is 0.652. The molecule has 39 valence electrons. The van der Waals surface area contributed by atoms with Crippen LogP contribution in [0.15, 0.2) is 4.42 Å². The van der Waals surface area contributed by atoms with Crippen LogP contribution in [0.4, 0.5) is 5.88 Å². The highest BCUT2D eigenvalue weighted by Gasteiger charge is 1.99. The fraction of sp³-hybridized carbons (Fsp3) is 0. The Morgan fingerprint density at radius 3 is 2.88 bits per heavy atom. The largest absolute Gasteiger partial charge is 0.415 e. The summed E-state index contributed by atoms with van der Waals surface area (Å²) in [7, 11) is 0. The molecule has 4 nitrogen and oxygen atoms in total. The molecule has 1 radical (unpaired) electrons. The van der Waals surface area contributed by atoms with Crippen LogP contribution in [0.1, 0.15) is 5.69 Å². The van der Waals surface area contributed by atoms with Crippen LogP contribution in [-0.4, -0.2) is 4.98 Å². The van der Waals surface area contributed by atoms with Gasteiger partial charge in [0.15, 0.2) is 0 Å². The fourth-order valence-corrected chi connectivity index (χ4v) is 0.301. The van der Waals surface area contributed by atoms with Gasteiger partial charge < -0.3 is 10.2 Å². The molecule has 0 saturated heterocycles. The van der Waals surface area contributed by atoms with Crippen molar-refractivity contribution in [3.05, 3.63) is 12.1 Å². The molecule has 0 saturated carbocycles. The van der Waals surface area contributed by atoms with E-state index in [1.165, 1.54) is 0 Å². The average Bonchev–Trinajstić information content (AvgIpc) is 2.14. The number of hydrogen-bond acceptors (Lipinski definition) is 4. The number of oxazole rings is 1. The van der Waals surface area contributed by atoms with E-state index in [0.29, 0.717) is 0 Å². The van der Waals surface area contributed by atoms with Crippen LogP contribution in [-0.2, 0) is 0 Å². The van der Waals surface area contributed by atoms with Gasteiger partial charge in [0.1, 0.15) is 6.07 Å². The van der Waals surface area contributed by atoms with Crippen molar-refractivity contribution >= 4 is 5.88 Å². The first-order valence-corrected chi connectivity index (χ1v) is 1.87. The van der Waals surface area contributed by atoms with Gasteiger partial charge in [-0.05, 0) is 0 Å². The maximum absolute atomic E-state index is 8.13. The number of hydrogen-bond donors (Lipinski definition) is 1. The molecule has 1 heterocycles. The molecule has 0 atom stereocenters. The van der Waals surface area contributed by atoms with Crippen molar-refractivity contribution in [3.63, 3.8) is 0 Å². The number of aromatic nitrogens is 1. The zero-order valence-corrected chi connectivity index (χ0v) is 3.88. The van der Waals surface area contributed by atoms with Crippen LogP contribution in [0.25, 0.3) is 0 Å². The Bertz CT molecular complexity index is 221. The summed E-state index contributed by atoms with van der Waals surface area (Å²) in [6.45, 7) is 0. The quantitative estimate of drug-likeness (QED) is 0.504. The van der Waals surface area contributed by atoms with E-state index in [9.17, 15) is 0 Å². The van der Waals surface area contributed by atoms with Crippen molar-refractivity contribution in [2.45, 2.75) is 0 Å². The highest BCUT2D eigenvalue weighted by atomic mass is 16.3. The van der Waals surface area contributed by atoms with E-state index in [2.05, 4.69) is 15.8 Å². The molecule has 0 aliphatic rings. The summed E-state index contributed by atoms with van der Waals surface area (Å²) in [5.41, 5.74) is 5.16. The molecule has 0 spiro atoms. The van der Waals surface area contributed by atoms with Crippen molar-refractivity contribution in [1.82, 2.24) is 4.98 Å². The number of anilines is 1. The van der Waals surface area contributed by atoms with Gasteiger partial charge in [-0.25, -0.2) is 0 Å². The lowest BCUT2D eigenvalue weighted by Gasteiger charge is -1.74. The number of rotatable bonds is 0. The number of nitrogen functional groups attached to an aromatic ring is 1.